The fourth-order valence-corrected chi connectivity index (χ4v) is 3.86. The van der Waals surface area contributed by atoms with Crippen LogP contribution in [0.5, 0.6) is 0 Å². The van der Waals surface area contributed by atoms with Crippen LogP contribution in [0.3, 0.4) is 0 Å². The topological polar surface area (TPSA) is 42.0 Å². The number of thioether (sulfide) groups is 1. The number of aryl methyl sites for hydroxylation is 3. The Morgan fingerprint density at radius 3 is 2.61 bits per heavy atom. The number of carbonyl (C=O) groups is 1. The average molecular weight is 328 g/mol. The third kappa shape index (κ3) is 3.86. The van der Waals surface area contributed by atoms with Crippen molar-refractivity contribution < 1.29 is 4.79 Å². The van der Waals surface area contributed by atoms with Crippen molar-refractivity contribution in [1.29, 1.82) is 0 Å². The fraction of sp³-hybridized carbons (Fsp3) is 0.474. The van der Waals surface area contributed by atoms with Gasteiger partial charge < -0.3 is 5.32 Å². The summed E-state index contributed by atoms with van der Waals surface area (Å²) in [6.07, 6.45) is 3.60. The SMILES string of the molecule is Cc1cc2cc3c(cc2nc1SCC(=O)NC(C)(C)C)CCC3. The molecule has 0 aliphatic heterocycles. The first-order chi connectivity index (χ1) is 10.8. The fourth-order valence-electron chi connectivity index (χ4n) is 3.07. The molecule has 0 saturated heterocycles. The number of benzene rings is 1. The molecular weight excluding hydrogens is 304 g/mol. The lowest BCUT2D eigenvalue weighted by atomic mass is 10.1. The van der Waals surface area contributed by atoms with Gasteiger partial charge in [-0.15, -0.1) is 0 Å². The second kappa shape index (κ2) is 6.16. The molecule has 1 aliphatic rings. The molecule has 1 aromatic carbocycles. The summed E-state index contributed by atoms with van der Waals surface area (Å²) in [4.78, 5) is 16.8. The average Bonchev–Trinajstić information content (AvgIpc) is 2.88. The molecule has 2 aromatic rings. The van der Waals surface area contributed by atoms with Crippen molar-refractivity contribution in [3.8, 4) is 0 Å². The van der Waals surface area contributed by atoms with Gasteiger partial charge in [0.2, 0.25) is 5.91 Å². The van der Waals surface area contributed by atoms with Crippen molar-refractivity contribution in [3.63, 3.8) is 0 Å². The van der Waals surface area contributed by atoms with Crippen LogP contribution in [-0.4, -0.2) is 22.2 Å². The molecule has 0 fully saturated rings. The van der Waals surface area contributed by atoms with E-state index in [0.29, 0.717) is 5.75 Å². The Kier molecular flexibility index (Phi) is 4.37. The van der Waals surface area contributed by atoms with E-state index in [1.54, 1.807) is 0 Å². The molecule has 1 aromatic heterocycles. The van der Waals surface area contributed by atoms with Crippen LogP contribution >= 0.6 is 11.8 Å². The molecule has 0 radical (unpaired) electrons. The zero-order valence-electron chi connectivity index (χ0n) is 14.3. The maximum absolute atomic E-state index is 12.0. The highest BCUT2D eigenvalue weighted by atomic mass is 32.2. The Labute approximate surface area is 142 Å². The number of rotatable bonds is 3. The molecule has 1 heterocycles. The lowest BCUT2D eigenvalue weighted by molar-refractivity contribution is -0.119. The second-order valence-electron chi connectivity index (χ2n) is 7.36. The monoisotopic (exact) mass is 328 g/mol. The third-order valence-electron chi connectivity index (χ3n) is 4.03. The summed E-state index contributed by atoms with van der Waals surface area (Å²) in [5.74, 6) is 0.458. The van der Waals surface area contributed by atoms with Gasteiger partial charge >= 0.3 is 0 Å². The standard InChI is InChI=1S/C19H24N2OS/c1-12-8-15-9-13-6-5-7-14(13)10-16(15)20-18(12)23-11-17(22)21-19(2,3)4/h8-10H,5-7,11H2,1-4H3,(H,21,22). The maximum atomic E-state index is 12.0. The van der Waals surface area contributed by atoms with Crippen molar-refractivity contribution in [2.45, 2.75) is 57.5 Å². The molecule has 0 bridgehead atoms. The van der Waals surface area contributed by atoms with Crippen LogP contribution in [0.2, 0.25) is 0 Å². The van der Waals surface area contributed by atoms with Gasteiger partial charge in [-0.25, -0.2) is 4.98 Å². The van der Waals surface area contributed by atoms with E-state index in [0.717, 1.165) is 22.5 Å². The largest absolute Gasteiger partial charge is 0.351 e. The van der Waals surface area contributed by atoms with Crippen molar-refractivity contribution >= 4 is 28.6 Å². The van der Waals surface area contributed by atoms with Crippen LogP contribution in [-0.2, 0) is 17.6 Å². The molecular formula is C19H24N2OS. The predicted molar refractivity (Wildman–Crippen MR) is 97.1 cm³/mol. The van der Waals surface area contributed by atoms with Crippen molar-refractivity contribution in [3.05, 3.63) is 34.9 Å². The minimum absolute atomic E-state index is 0.0535. The molecule has 1 aliphatic carbocycles. The Morgan fingerprint density at radius 2 is 1.91 bits per heavy atom. The number of nitrogens with zero attached hydrogens (tertiary/aromatic N) is 1. The Balaban J connectivity index is 1.80. The van der Waals surface area contributed by atoms with Gasteiger partial charge in [-0.3, -0.25) is 4.79 Å². The highest BCUT2D eigenvalue weighted by Gasteiger charge is 2.16. The molecule has 23 heavy (non-hydrogen) atoms. The van der Waals surface area contributed by atoms with Gasteiger partial charge in [0.25, 0.3) is 0 Å². The number of hydrogen-bond acceptors (Lipinski definition) is 3. The first kappa shape index (κ1) is 16.3. The van der Waals surface area contributed by atoms with Gasteiger partial charge in [0.1, 0.15) is 5.03 Å². The number of aromatic nitrogens is 1. The molecule has 0 atom stereocenters. The quantitative estimate of drug-likeness (QED) is 0.865. The molecule has 1 amide bonds. The van der Waals surface area contributed by atoms with Crippen LogP contribution in [0.25, 0.3) is 10.9 Å². The van der Waals surface area contributed by atoms with E-state index in [9.17, 15) is 4.79 Å². The number of nitrogens with one attached hydrogen (secondary N) is 1. The number of hydrogen-bond donors (Lipinski definition) is 1. The van der Waals surface area contributed by atoms with Gasteiger partial charge in [-0.05, 0) is 81.8 Å². The zero-order valence-corrected chi connectivity index (χ0v) is 15.1. The number of fused-ring (bicyclic) bond motifs is 2. The maximum Gasteiger partial charge on any atom is 0.230 e. The van der Waals surface area contributed by atoms with Crippen molar-refractivity contribution in [2.75, 3.05) is 5.75 Å². The van der Waals surface area contributed by atoms with Crippen molar-refractivity contribution in [2.24, 2.45) is 0 Å². The van der Waals surface area contributed by atoms with Gasteiger partial charge in [0.15, 0.2) is 0 Å². The van der Waals surface area contributed by atoms with Gasteiger partial charge in [0.05, 0.1) is 11.3 Å². The van der Waals surface area contributed by atoms with E-state index in [2.05, 4.69) is 30.4 Å². The van der Waals surface area contributed by atoms with Crippen LogP contribution in [0.15, 0.2) is 23.2 Å². The van der Waals surface area contributed by atoms with E-state index >= 15 is 0 Å². The summed E-state index contributed by atoms with van der Waals surface area (Å²) in [6.45, 7) is 8.06. The summed E-state index contributed by atoms with van der Waals surface area (Å²) < 4.78 is 0. The van der Waals surface area contributed by atoms with Crippen LogP contribution in [0, 0.1) is 6.92 Å². The van der Waals surface area contributed by atoms with Gasteiger partial charge in [0, 0.05) is 10.9 Å². The molecule has 1 N–H and O–H groups in total. The second-order valence-corrected chi connectivity index (χ2v) is 8.33. The predicted octanol–water partition coefficient (Wildman–Crippen LogP) is 4.04. The van der Waals surface area contributed by atoms with E-state index in [1.165, 1.54) is 41.1 Å². The Hall–Kier alpha value is -1.55. The minimum Gasteiger partial charge on any atom is -0.351 e. The summed E-state index contributed by atoms with van der Waals surface area (Å²) in [5, 5.41) is 5.16. The third-order valence-corrected chi connectivity index (χ3v) is 5.12. The number of amides is 1. The van der Waals surface area contributed by atoms with E-state index in [-0.39, 0.29) is 11.4 Å². The first-order valence-electron chi connectivity index (χ1n) is 8.19. The molecule has 0 saturated carbocycles. The van der Waals surface area contributed by atoms with E-state index in [1.807, 2.05) is 20.8 Å². The highest BCUT2D eigenvalue weighted by Crippen LogP contribution is 2.30. The minimum atomic E-state index is -0.190. The summed E-state index contributed by atoms with van der Waals surface area (Å²) in [7, 11) is 0. The van der Waals surface area contributed by atoms with Crippen LogP contribution in [0.4, 0.5) is 0 Å². The molecule has 3 rings (SSSR count). The Bertz CT molecular complexity index is 762. The smallest absolute Gasteiger partial charge is 0.230 e. The molecule has 4 heteroatoms. The molecule has 0 spiro atoms. The van der Waals surface area contributed by atoms with E-state index in [4.69, 9.17) is 4.98 Å². The van der Waals surface area contributed by atoms with Crippen LogP contribution in [0.1, 0.15) is 43.9 Å². The lowest BCUT2D eigenvalue weighted by Crippen LogP contribution is -2.41. The normalized spacial score (nSPS) is 14.1. The first-order valence-corrected chi connectivity index (χ1v) is 9.17. The number of pyridine rings is 1. The molecule has 122 valence electrons. The Morgan fingerprint density at radius 1 is 1.22 bits per heavy atom. The lowest BCUT2D eigenvalue weighted by Gasteiger charge is -2.20. The van der Waals surface area contributed by atoms with E-state index < -0.39 is 0 Å². The summed E-state index contributed by atoms with van der Waals surface area (Å²) >= 11 is 1.52. The van der Waals surface area contributed by atoms with Gasteiger partial charge in [-0.1, -0.05) is 11.8 Å². The number of carbonyl (C=O) groups excluding carboxylic acids is 1. The summed E-state index contributed by atoms with van der Waals surface area (Å²) in [6, 6.07) is 6.72. The van der Waals surface area contributed by atoms with Gasteiger partial charge in [-0.2, -0.15) is 0 Å². The van der Waals surface area contributed by atoms with Crippen LogP contribution < -0.4 is 5.32 Å². The molecule has 0 unspecified atom stereocenters. The zero-order chi connectivity index (χ0) is 16.6. The van der Waals surface area contributed by atoms with Crippen molar-refractivity contribution in [1.82, 2.24) is 10.3 Å². The molecule has 3 nitrogen and oxygen atoms in total. The summed E-state index contributed by atoms with van der Waals surface area (Å²) in [5.41, 5.74) is 4.92. The highest BCUT2D eigenvalue weighted by molar-refractivity contribution is 7.99.